The zero-order valence-corrected chi connectivity index (χ0v) is 55.8. The summed E-state index contributed by atoms with van der Waals surface area (Å²) in [6.07, 6.45) is 3.94. The molecule has 103 heavy (non-hydrogen) atoms. The maximum absolute atomic E-state index is 6.60. The first-order chi connectivity index (χ1) is 50.8. The quantitative estimate of drug-likeness (QED) is 0.138. The van der Waals surface area contributed by atoms with Gasteiger partial charge in [0.2, 0.25) is 22.7 Å². The van der Waals surface area contributed by atoms with Crippen LogP contribution >= 0.6 is 11.3 Å². The number of hydrogen-bond acceptors (Lipinski definition) is 8. The topological polar surface area (TPSA) is 136 Å². The van der Waals surface area contributed by atoms with Crippen molar-refractivity contribution in [2.24, 2.45) is 7.05 Å². The van der Waals surface area contributed by atoms with Crippen LogP contribution in [0.25, 0.3) is 149 Å². The first-order valence-corrected chi connectivity index (χ1v) is 35.6. The molecule has 0 radical (unpaired) electrons. The van der Waals surface area contributed by atoms with E-state index >= 15 is 0 Å². The Balaban J connectivity index is 0.0000000849. The van der Waals surface area contributed by atoms with Crippen molar-refractivity contribution in [2.45, 2.75) is 38.1 Å². The van der Waals surface area contributed by atoms with Crippen LogP contribution in [0.4, 0.5) is 0 Å². The van der Waals surface area contributed by atoms with Crippen molar-refractivity contribution < 1.29 is 46.0 Å². The van der Waals surface area contributed by atoms with Gasteiger partial charge in [-0.2, -0.15) is 28.5 Å². The Morgan fingerprint density at radius 2 is 0.816 bits per heavy atom. The van der Waals surface area contributed by atoms with E-state index in [0.717, 1.165) is 130 Å². The fourth-order valence-electron chi connectivity index (χ4n) is 20.7. The number of aromatic nitrogens is 16. The molecule has 15 aromatic heterocycles. The van der Waals surface area contributed by atoms with Gasteiger partial charge in [0, 0.05) is 58.4 Å². The Bertz CT molecular complexity index is 7600. The SMILES string of the molecule is Cc1cc2n(n1)C13c4c(ccc5c6ccn(C)c6n6c7ccccc7[n+]1c6c45)Oc1cccc-2[n+]13.Cc1cc2n(n1)C13c4c(ccc5c6ccoc6n6c7ccccc7[n+]1c6c45)Oc1cccc-2[n+]13.Cc1cc2n(n1)C13c4c(ccc5c6ccsc6n6c7ccccc7[n+]1c6c45)Oc1cccc-2[n+]13. The van der Waals surface area contributed by atoms with Gasteiger partial charge in [0.05, 0.1) is 63.1 Å². The number of hydrogen-bond donors (Lipinski definition) is 0. The number of benzene rings is 6. The van der Waals surface area contributed by atoms with Crippen LogP contribution in [0, 0.1) is 20.8 Å². The number of ether oxygens (including phenoxy) is 3. The standard InChI is InChI=1S/C28H18N6O.C27H15N5O2.C27H15N5OS/c1-15-14-21-20-8-5-9-23-32(20)28(34(21)29-15)25-22(35-23)11-10-16-17-12-13-30(2)26(17)31-18-6-3-4-7-19(18)33(28)27(31)24(16)25;1-14-13-20-19-7-4-8-22-30(19)27(32(20)28-14)24-21(34-22)10-9-15-16-11-12-33-26(16)29-17-5-2-3-6-18(17)31(27)25(29)23(15)24;1-14-13-20-19-7-4-8-22-30(19)27(32(20)28-14)24-21(33-22)10-9-15-16-11-12-34-26(16)29-17-5-2-3-6-18(17)31(27)25(29)23(15)24/h3-14H,1-2H3;2*2-13H,1H3/q3*+2. The summed E-state index contributed by atoms with van der Waals surface area (Å²) in [5.41, 5.74) is 25.5. The molecule has 21 heteroatoms. The average Bonchev–Trinajstić information content (AvgIpc) is 1.48. The van der Waals surface area contributed by atoms with Gasteiger partial charge in [-0.25, -0.2) is 0 Å². The summed E-state index contributed by atoms with van der Waals surface area (Å²) in [6.45, 7) is 6.21. The Morgan fingerprint density at radius 1 is 0.388 bits per heavy atom. The van der Waals surface area contributed by atoms with Crippen LogP contribution in [-0.4, -0.2) is 47.1 Å². The van der Waals surface area contributed by atoms with Crippen molar-refractivity contribution in [1.82, 2.24) is 47.1 Å². The Morgan fingerprint density at radius 3 is 1.31 bits per heavy atom. The van der Waals surface area contributed by atoms with E-state index in [2.05, 4.69) is 293 Å². The summed E-state index contributed by atoms with van der Waals surface area (Å²) < 4.78 is 56.3. The van der Waals surface area contributed by atoms with Crippen LogP contribution in [0.3, 0.4) is 0 Å². The number of furan rings is 1. The molecule has 0 saturated carbocycles. The van der Waals surface area contributed by atoms with E-state index in [1.54, 1.807) is 17.6 Å². The van der Waals surface area contributed by atoms with E-state index in [1.807, 2.05) is 6.07 Å². The molecule has 0 aliphatic carbocycles. The molecule has 3 atom stereocenters. The summed E-state index contributed by atoms with van der Waals surface area (Å²) in [5, 5.41) is 28.5. The first-order valence-electron chi connectivity index (χ1n) is 34.7. The van der Waals surface area contributed by atoms with Gasteiger partial charge < -0.3 is 23.2 Å². The molecule has 9 aliphatic rings. The largest absolute Gasteiger partial charge is 0.449 e. The van der Waals surface area contributed by atoms with Gasteiger partial charge in [-0.3, -0.25) is 0 Å². The first kappa shape index (κ1) is 51.6. The summed E-state index contributed by atoms with van der Waals surface area (Å²) in [4.78, 5) is 1.27. The van der Waals surface area contributed by atoms with Crippen LogP contribution in [0.15, 0.2) is 222 Å². The molecule has 0 N–H and O–H groups in total. The number of rotatable bonds is 0. The molecular weight excluding hydrogens is 1310 g/mol. The van der Waals surface area contributed by atoms with E-state index in [-0.39, 0.29) is 0 Å². The second-order valence-electron chi connectivity index (χ2n) is 28.7. The van der Waals surface area contributed by atoms with Crippen molar-refractivity contribution >= 4 is 126 Å². The predicted molar refractivity (Wildman–Crippen MR) is 381 cm³/mol. The van der Waals surface area contributed by atoms with Crippen LogP contribution < -0.4 is 41.6 Å². The summed E-state index contributed by atoms with van der Waals surface area (Å²) in [6, 6.07) is 71.0. The fraction of sp³-hybridized carbons (Fsp3) is 0.0854. The van der Waals surface area contributed by atoms with Crippen LogP contribution in [0.5, 0.6) is 34.9 Å². The lowest BCUT2D eigenvalue weighted by atomic mass is 9.98. The maximum Gasteiger partial charge on any atom is 0.449 e. The highest BCUT2D eigenvalue weighted by Gasteiger charge is 2.74. The van der Waals surface area contributed by atoms with Crippen LogP contribution in [-0.2, 0) is 24.4 Å². The number of imidazole rings is 3. The zero-order valence-electron chi connectivity index (χ0n) is 55.0. The Labute approximate surface area is 581 Å². The van der Waals surface area contributed by atoms with E-state index in [4.69, 9.17) is 33.9 Å². The van der Waals surface area contributed by atoms with E-state index in [9.17, 15) is 0 Å². The molecule has 0 fully saturated rings. The highest BCUT2D eigenvalue weighted by Crippen LogP contribution is 2.57. The minimum absolute atomic E-state index is 0.692. The van der Waals surface area contributed by atoms with Crippen molar-refractivity contribution in [3.63, 3.8) is 0 Å². The second-order valence-corrected chi connectivity index (χ2v) is 29.6. The van der Waals surface area contributed by atoms with Gasteiger partial charge in [0.15, 0.2) is 71.9 Å². The molecular formula is C82H48N16O4S+6. The molecule has 480 valence electrons. The molecule has 3 unspecified atom stereocenters. The highest BCUT2D eigenvalue weighted by molar-refractivity contribution is 7.17. The monoisotopic (exact) mass is 1350 g/mol. The molecule has 24 heterocycles. The van der Waals surface area contributed by atoms with Crippen molar-refractivity contribution in [3.05, 3.63) is 252 Å². The number of para-hydroxylation sites is 6. The van der Waals surface area contributed by atoms with Crippen LogP contribution in [0.2, 0.25) is 0 Å². The third kappa shape index (κ3) is 5.06. The highest BCUT2D eigenvalue weighted by atomic mass is 32.1. The molecule has 0 bridgehead atoms. The van der Waals surface area contributed by atoms with Gasteiger partial charge in [-0.1, -0.05) is 50.1 Å². The smallest absolute Gasteiger partial charge is 0.430 e. The third-order valence-corrected chi connectivity index (χ3v) is 24.8. The van der Waals surface area contributed by atoms with E-state index < -0.39 is 17.4 Å². The average molecular weight is 1350 g/mol. The lowest BCUT2D eigenvalue weighted by Gasteiger charge is -2.26. The van der Waals surface area contributed by atoms with Gasteiger partial charge in [0.25, 0.3) is 0 Å². The minimum atomic E-state index is -0.738. The summed E-state index contributed by atoms with van der Waals surface area (Å²) in [7, 11) is 2.13. The Kier molecular flexibility index (Phi) is 8.11. The number of thiophene rings is 1. The van der Waals surface area contributed by atoms with Gasteiger partial charge >= 0.3 is 57.7 Å². The maximum atomic E-state index is 6.60. The molecule has 21 aromatic rings. The van der Waals surface area contributed by atoms with Gasteiger partial charge in [0.1, 0.15) is 17.1 Å². The lowest BCUT2D eigenvalue weighted by molar-refractivity contribution is -0.960. The lowest BCUT2D eigenvalue weighted by Crippen LogP contribution is -2.75. The summed E-state index contributed by atoms with van der Waals surface area (Å²) in [5.74, 6) is 2.97. The Hall–Kier alpha value is -13.5. The molecule has 20 nitrogen and oxygen atoms in total. The fourth-order valence-corrected chi connectivity index (χ4v) is 21.7. The van der Waals surface area contributed by atoms with Crippen LogP contribution in [0.1, 0.15) is 33.8 Å². The van der Waals surface area contributed by atoms with Crippen molar-refractivity contribution in [2.75, 3.05) is 0 Å². The molecule has 30 rings (SSSR count). The van der Waals surface area contributed by atoms with Gasteiger partial charge in [-0.05, 0) is 154 Å². The van der Waals surface area contributed by atoms with E-state index in [0.29, 0.717) is 0 Å². The number of nitrogens with zero attached hydrogens (tertiary/aromatic N) is 16. The number of pyridine rings is 6. The molecule has 9 aliphatic heterocycles. The molecule has 0 saturated heterocycles. The molecule has 0 amide bonds. The second kappa shape index (κ2) is 16.2. The normalized spacial score (nSPS) is 18.4. The minimum Gasteiger partial charge on any atom is -0.430 e. The number of aryl methyl sites for hydroxylation is 4. The predicted octanol–water partition coefficient (Wildman–Crippen LogP) is 12.9. The van der Waals surface area contributed by atoms with Crippen molar-refractivity contribution in [1.29, 1.82) is 0 Å². The molecule has 3 spiro atoms. The summed E-state index contributed by atoms with van der Waals surface area (Å²) >= 11 is 1.80. The zero-order chi connectivity index (χ0) is 66.6. The number of fused-ring (bicyclic) bond motifs is 24. The third-order valence-electron chi connectivity index (χ3n) is 23.9. The van der Waals surface area contributed by atoms with Gasteiger partial charge in [-0.15, -0.1) is 39.1 Å². The van der Waals surface area contributed by atoms with Crippen molar-refractivity contribution in [3.8, 4) is 69.1 Å². The molecule has 6 aromatic carbocycles. The van der Waals surface area contributed by atoms with E-state index in [1.165, 1.54) is 87.1 Å².